The number of aliphatic carboxylic acids is 1. The van der Waals surface area contributed by atoms with Gasteiger partial charge < -0.3 is 14.7 Å². The fraction of sp³-hybridized carbons (Fsp3) is 0.611. The molecule has 0 bridgehead atoms. The normalized spacial score (nSPS) is 14.6. The van der Waals surface area contributed by atoms with Gasteiger partial charge in [-0.2, -0.15) is 0 Å². The Hall–Kier alpha value is -1.40. The van der Waals surface area contributed by atoms with Crippen LogP contribution in [0.1, 0.15) is 57.4 Å². The molecule has 148 valence electrons. The number of rotatable bonds is 14. The molecule has 7 nitrogen and oxygen atoms in total. The third-order valence-electron chi connectivity index (χ3n) is 3.92. The molecule has 1 rings (SSSR count). The number of aliphatic hydroxyl groups is 1. The second kappa shape index (κ2) is 12.1. The molecule has 1 aromatic carbocycles. The first-order valence-electron chi connectivity index (χ1n) is 9.01. The molecule has 1 aromatic rings. The number of aliphatic hydroxyl groups excluding tert-OH is 1. The fourth-order valence-corrected chi connectivity index (χ4v) is 3.27. The van der Waals surface area contributed by atoms with Crippen LogP contribution in [0.5, 0.6) is 5.75 Å². The fourth-order valence-electron chi connectivity index (χ4n) is 2.46. The average Bonchev–Trinajstić information content (AvgIpc) is 2.60. The van der Waals surface area contributed by atoms with Gasteiger partial charge in [0.05, 0.1) is 6.61 Å². The topological polar surface area (TPSA) is 113 Å². The van der Waals surface area contributed by atoms with E-state index in [1.54, 1.807) is 12.1 Å². The van der Waals surface area contributed by atoms with Gasteiger partial charge in [0, 0.05) is 0 Å². The molecule has 0 spiro atoms. The van der Waals surface area contributed by atoms with Gasteiger partial charge in [-0.05, 0) is 24.5 Å². The number of hydrogen-bond donors (Lipinski definition) is 3. The SMILES string of the molecule is CCCCCCCCCc1ccccc1OP(=O)(O)OCC(O)C(=O)O. The highest BCUT2D eigenvalue weighted by Gasteiger charge is 2.27. The summed E-state index contributed by atoms with van der Waals surface area (Å²) in [5.41, 5.74) is 0.790. The van der Waals surface area contributed by atoms with E-state index in [2.05, 4.69) is 11.4 Å². The molecule has 3 N–H and O–H groups in total. The third kappa shape index (κ3) is 9.34. The van der Waals surface area contributed by atoms with Gasteiger partial charge in [-0.15, -0.1) is 0 Å². The van der Waals surface area contributed by atoms with E-state index in [0.29, 0.717) is 6.42 Å². The minimum Gasteiger partial charge on any atom is -0.479 e. The highest BCUT2D eigenvalue weighted by molar-refractivity contribution is 7.47. The summed E-state index contributed by atoms with van der Waals surface area (Å²) in [6.07, 6.45) is 6.97. The second-order valence-corrected chi connectivity index (χ2v) is 7.57. The molecule has 26 heavy (non-hydrogen) atoms. The number of phosphoric acid groups is 1. The monoisotopic (exact) mass is 388 g/mol. The molecule has 0 radical (unpaired) electrons. The highest BCUT2D eigenvalue weighted by Crippen LogP contribution is 2.45. The van der Waals surface area contributed by atoms with Gasteiger partial charge >= 0.3 is 13.8 Å². The Morgan fingerprint density at radius 3 is 2.38 bits per heavy atom. The quantitative estimate of drug-likeness (QED) is 0.327. The van der Waals surface area contributed by atoms with E-state index < -0.39 is 26.5 Å². The second-order valence-electron chi connectivity index (χ2n) is 6.19. The number of benzene rings is 1. The van der Waals surface area contributed by atoms with Gasteiger partial charge in [-0.1, -0.05) is 63.6 Å². The van der Waals surface area contributed by atoms with Crippen molar-refractivity contribution in [3.8, 4) is 5.75 Å². The smallest absolute Gasteiger partial charge is 0.479 e. The van der Waals surface area contributed by atoms with Crippen molar-refractivity contribution in [2.24, 2.45) is 0 Å². The maximum absolute atomic E-state index is 11.9. The van der Waals surface area contributed by atoms with Crippen molar-refractivity contribution < 1.29 is 33.5 Å². The van der Waals surface area contributed by atoms with Gasteiger partial charge in [-0.25, -0.2) is 9.36 Å². The summed E-state index contributed by atoms with van der Waals surface area (Å²) in [4.78, 5) is 20.2. The van der Waals surface area contributed by atoms with Crippen LogP contribution in [0, 0.1) is 0 Å². The average molecular weight is 388 g/mol. The molecule has 2 unspecified atom stereocenters. The number of para-hydroxylation sites is 1. The van der Waals surface area contributed by atoms with Crippen molar-refractivity contribution in [3.05, 3.63) is 29.8 Å². The molecular weight excluding hydrogens is 359 g/mol. The number of carbonyl (C=O) groups is 1. The Bertz CT molecular complexity index is 591. The van der Waals surface area contributed by atoms with Crippen LogP contribution in [0.3, 0.4) is 0 Å². The standard InChI is InChI=1S/C18H29O7P/c1-2-3-4-5-6-7-8-11-15-12-9-10-13-17(15)25-26(22,23)24-14-16(19)18(20)21/h9-10,12-13,16,19H,2-8,11,14H2,1H3,(H,20,21)(H,22,23). The van der Waals surface area contributed by atoms with Crippen molar-refractivity contribution in [3.63, 3.8) is 0 Å². The summed E-state index contributed by atoms with van der Waals surface area (Å²) in [5, 5.41) is 17.7. The van der Waals surface area contributed by atoms with E-state index in [9.17, 15) is 14.3 Å². The van der Waals surface area contributed by atoms with Crippen LogP contribution in [-0.2, 0) is 20.3 Å². The van der Waals surface area contributed by atoms with Gasteiger partial charge in [0.25, 0.3) is 0 Å². The number of phosphoric ester groups is 1. The van der Waals surface area contributed by atoms with Crippen LogP contribution in [0.4, 0.5) is 0 Å². The minimum atomic E-state index is -4.52. The Kier molecular flexibility index (Phi) is 10.5. The Balaban J connectivity index is 2.49. The van der Waals surface area contributed by atoms with Crippen LogP contribution >= 0.6 is 7.82 Å². The van der Waals surface area contributed by atoms with Crippen LogP contribution in [0.15, 0.2) is 24.3 Å². The summed E-state index contributed by atoms with van der Waals surface area (Å²) in [7, 11) is -4.52. The first-order chi connectivity index (χ1) is 12.4. The van der Waals surface area contributed by atoms with Crippen LogP contribution in [0.25, 0.3) is 0 Å². The van der Waals surface area contributed by atoms with E-state index in [-0.39, 0.29) is 5.75 Å². The van der Waals surface area contributed by atoms with Gasteiger partial charge in [0.15, 0.2) is 6.10 Å². The predicted octanol–water partition coefficient (Wildman–Crippen LogP) is 3.92. The molecular formula is C18H29O7P. The molecule has 0 amide bonds. The zero-order chi connectivity index (χ0) is 19.4. The number of aryl methyl sites for hydroxylation is 1. The maximum Gasteiger partial charge on any atom is 0.527 e. The maximum atomic E-state index is 11.9. The van der Waals surface area contributed by atoms with Crippen molar-refractivity contribution >= 4 is 13.8 Å². The van der Waals surface area contributed by atoms with Crippen LogP contribution < -0.4 is 4.52 Å². The lowest BCUT2D eigenvalue weighted by molar-refractivity contribution is -0.148. The number of carboxylic acids is 1. The zero-order valence-electron chi connectivity index (χ0n) is 15.2. The Labute approximate surface area is 154 Å². The summed E-state index contributed by atoms with van der Waals surface area (Å²) >= 11 is 0. The van der Waals surface area contributed by atoms with Crippen LogP contribution in [-0.4, -0.2) is 33.8 Å². The van der Waals surface area contributed by atoms with Crippen molar-refractivity contribution in [2.45, 2.75) is 64.4 Å². The van der Waals surface area contributed by atoms with E-state index in [1.807, 2.05) is 12.1 Å². The first-order valence-corrected chi connectivity index (χ1v) is 10.5. The van der Waals surface area contributed by atoms with Crippen molar-refractivity contribution in [1.82, 2.24) is 0 Å². The summed E-state index contributed by atoms with van der Waals surface area (Å²) in [6.45, 7) is 1.35. The molecule has 0 saturated heterocycles. The molecule has 0 aromatic heterocycles. The lowest BCUT2D eigenvalue weighted by atomic mass is 10.0. The van der Waals surface area contributed by atoms with Gasteiger partial charge in [-0.3, -0.25) is 9.42 Å². The lowest BCUT2D eigenvalue weighted by Gasteiger charge is -2.16. The number of hydrogen-bond acceptors (Lipinski definition) is 5. The van der Waals surface area contributed by atoms with Gasteiger partial charge in [0.1, 0.15) is 5.75 Å². The Morgan fingerprint density at radius 1 is 1.12 bits per heavy atom. The largest absolute Gasteiger partial charge is 0.527 e. The molecule has 0 fully saturated rings. The molecule has 0 aliphatic rings. The Morgan fingerprint density at radius 2 is 1.73 bits per heavy atom. The van der Waals surface area contributed by atoms with Crippen LogP contribution in [0.2, 0.25) is 0 Å². The predicted molar refractivity (Wildman–Crippen MR) is 98.2 cm³/mol. The minimum absolute atomic E-state index is 0.231. The van der Waals surface area contributed by atoms with Crippen molar-refractivity contribution in [2.75, 3.05) is 6.61 Å². The van der Waals surface area contributed by atoms with E-state index in [4.69, 9.17) is 14.7 Å². The molecule has 0 aliphatic carbocycles. The van der Waals surface area contributed by atoms with Crippen molar-refractivity contribution in [1.29, 1.82) is 0 Å². The van der Waals surface area contributed by atoms with E-state index in [1.165, 1.54) is 25.7 Å². The number of unbranched alkanes of at least 4 members (excludes halogenated alkanes) is 6. The number of carboxylic acid groups (broad SMARTS) is 1. The summed E-state index contributed by atoms with van der Waals surface area (Å²) in [6, 6.07) is 6.88. The summed E-state index contributed by atoms with van der Waals surface area (Å²) < 4.78 is 21.6. The first kappa shape index (κ1) is 22.6. The zero-order valence-corrected chi connectivity index (χ0v) is 16.1. The molecule has 0 aliphatic heterocycles. The highest BCUT2D eigenvalue weighted by atomic mass is 31.2. The van der Waals surface area contributed by atoms with E-state index in [0.717, 1.165) is 24.8 Å². The molecule has 8 heteroatoms. The van der Waals surface area contributed by atoms with E-state index >= 15 is 0 Å². The summed E-state index contributed by atoms with van der Waals surface area (Å²) in [5.74, 6) is -1.31. The molecule has 0 saturated carbocycles. The molecule has 0 heterocycles. The third-order valence-corrected chi connectivity index (χ3v) is 4.82. The van der Waals surface area contributed by atoms with Gasteiger partial charge in [0.2, 0.25) is 0 Å². The lowest BCUT2D eigenvalue weighted by Crippen LogP contribution is -2.25. The molecule has 2 atom stereocenters.